The highest BCUT2D eigenvalue weighted by Crippen LogP contribution is 2.32. The van der Waals surface area contributed by atoms with Crippen LogP contribution in [0.3, 0.4) is 0 Å². The molecule has 108 valence electrons. The van der Waals surface area contributed by atoms with Crippen LogP contribution in [0.4, 0.5) is 5.69 Å². The maximum Gasteiger partial charge on any atom is 0.200 e. The summed E-state index contributed by atoms with van der Waals surface area (Å²) in [6, 6.07) is 11.6. The summed E-state index contributed by atoms with van der Waals surface area (Å²) in [5.41, 5.74) is 7.41. The van der Waals surface area contributed by atoms with Gasteiger partial charge in [-0.15, -0.1) is 10.2 Å². The highest BCUT2D eigenvalue weighted by atomic mass is 32.2. The van der Waals surface area contributed by atoms with Crippen molar-refractivity contribution >= 4 is 23.1 Å². The van der Waals surface area contributed by atoms with Crippen molar-refractivity contribution in [1.29, 1.82) is 0 Å². The Morgan fingerprint density at radius 1 is 1.24 bits per heavy atom. The third kappa shape index (κ3) is 2.95. The quantitative estimate of drug-likeness (QED) is 0.733. The van der Waals surface area contributed by atoms with Gasteiger partial charge in [-0.1, -0.05) is 13.0 Å². The first kappa shape index (κ1) is 13.8. The smallest absolute Gasteiger partial charge is 0.200 e. The highest BCUT2D eigenvalue weighted by Gasteiger charge is 2.09. The molecule has 3 aromatic rings. The highest BCUT2D eigenvalue weighted by molar-refractivity contribution is 7.99. The van der Waals surface area contributed by atoms with Gasteiger partial charge in [-0.2, -0.15) is 0 Å². The molecule has 0 aliphatic heterocycles. The van der Waals surface area contributed by atoms with Crippen LogP contribution in [-0.4, -0.2) is 21.2 Å². The number of benzene rings is 1. The van der Waals surface area contributed by atoms with E-state index >= 15 is 0 Å². The zero-order chi connectivity index (χ0) is 14.7. The van der Waals surface area contributed by atoms with E-state index in [2.05, 4.69) is 17.1 Å². The lowest BCUT2D eigenvalue weighted by Crippen LogP contribution is -1.99. The Labute approximate surface area is 127 Å². The van der Waals surface area contributed by atoms with Gasteiger partial charge >= 0.3 is 0 Å². The number of nitrogens with zero attached hydrogens (tertiary/aromatic N) is 3. The lowest BCUT2D eigenvalue weighted by molar-refractivity contribution is 0.318. The predicted molar refractivity (Wildman–Crippen MR) is 83.8 cm³/mol. The SMILES string of the molecule is CCCOc1cc(Sc2nnc3ccccn23)ccc1N. The third-order valence-electron chi connectivity index (χ3n) is 2.94. The minimum absolute atomic E-state index is 0.652. The molecule has 0 fully saturated rings. The standard InChI is InChI=1S/C15H16N4OS/c1-2-9-20-13-10-11(6-7-12(13)16)21-15-18-17-14-5-3-4-8-19(14)15/h3-8,10H,2,9,16H2,1H3. The van der Waals surface area contributed by atoms with Crippen LogP contribution >= 0.6 is 11.8 Å². The number of aromatic nitrogens is 3. The van der Waals surface area contributed by atoms with Crippen molar-refractivity contribution in [3.05, 3.63) is 42.6 Å². The van der Waals surface area contributed by atoms with E-state index in [-0.39, 0.29) is 0 Å². The number of ether oxygens (including phenoxy) is 1. The molecular formula is C15H16N4OS. The molecule has 2 aromatic heterocycles. The van der Waals surface area contributed by atoms with Crippen LogP contribution in [-0.2, 0) is 0 Å². The molecule has 0 atom stereocenters. The Kier molecular flexibility index (Phi) is 3.96. The van der Waals surface area contributed by atoms with Crippen LogP contribution in [0.15, 0.2) is 52.6 Å². The zero-order valence-corrected chi connectivity index (χ0v) is 12.5. The maximum absolute atomic E-state index is 5.93. The molecular weight excluding hydrogens is 284 g/mol. The maximum atomic E-state index is 5.93. The summed E-state index contributed by atoms with van der Waals surface area (Å²) in [4.78, 5) is 1.02. The first-order valence-electron chi connectivity index (χ1n) is 6.78. The Morgan fingerprint density at radius 3 is 3.00 bits per heavy atom. The first-order chi connectivity index (χ1) is 10.3. The number of hydrogen-bond acceptors (Lipinski definition) is 5. The fraction of sp³-hybridized carbons (Fsp3) is 0.200. The molecule has 2 N–H and O–H groups in total. The van der Waals surface area contributed by atoms with Gasteiger partial charge in [-0.05, 0) is 48.5 Å². The van der Waals surface area contributed by atoms with Gasteiger partial charge in [0.25, 0.3) is 0 Å². The van der Waals surface area contributed by atoms with E-state index in [4.69, 9.17) is 10.5 Å². The minimum atomic E-state index is 0.652. The van der Waals surface area contributed by atoms with Crippen molar-refractivity contribution in [3.63, 3.8) is 0 Å². The molecule has 0 amide bonds. The van der Waals surface area contributed by atoms with Crippen molar-refractivity contribution in [2.24, 2.45) is 0 Å². The van der Waals surface area contributed by atoms with E-state index in [0.29, 0.717) is 12.3 Å². The van der Waals surface area contributed by atoms with Crippen molar-refractivity contribution in [2.75, 3.05) is 12.3 Å². The van der Waals surface area contributed by atoms with Gasteiger partial charge in [-0.25, -0.2) is 0 Å². The van der Waals surface area contributed by atoms with Crippen molar-refractivity contribution in [3.8, 4) is 5.75 Å². The monoisotopic (exact) mass is 300 g/mol. The van der Waals surface area contributed by atoms with Crippen LogP contribution in [0.2, 0.25) is 0 Å². The average molecular weight is 300 g/mol. The molecule has 0 aliphatic rings. The third-order valence-corrected chi connectivity index (χ3v) is 3.89. The van der Waals surface area contributed by atoms with E-state index in [9.17, 15) is 0 Å². The molecule has 21 heavy (non-hydrogen) atoms. The number of nitrogen functional groups attached to an aromatic ring is 1. The van der Waals surface area contributed by atoms with Crippen molar-refractivity contribution in [1.82, 2.24) is 14.6 Å². The van der Waals surface area contributed by atoms with Crippen LogP contribution in [0, 0.1) is 0 Å². The Bertz CT molecular complexity index is 756. The molecule has 0 spiro atoms. The number of pyridine rings is 1. The van der Waals surface area contributed by atoms with E-state index in [0.717, 1.165) is 27.9 Å². The van der Waals surface area contributed by atoms with Crippen molar-refractivity contribution < 1.29 is 4.74 Å². The van der Waals surface area contributed by atoms with E-state index in [1.54, 1.807) is 0 Å². The van der Waals surface area contributed by atoms with E-state index in [1.807, 2.05) is 47.0 Å². The fourth-order valence-corrected chi connectivity index (χ4v) is 2.76. The molecule has 5 nitrogen and oxygen atoms in total. The summed E-state index contributed by atoms with van der Waals surface area (Å²) in [6.07, 6.45) is 2.90. The number of rotatable bonds is 5. The summed E-state index contributed by atoms with van der Waals surface area (Å²) in [6.45, 7) is 2.73. The molecule has 0 bridgehead atoms. The largest absolute Gasteiger partial charge is 0.491 e. The van der Waals surface area contributed by atoms with E-state index in [1.165, 1.54) is 11.8 Å². The molecule has 2 heterocycles. The Balaban J connectivity index is 1.87. The van der Waals surface area contributed by atoms with Crippen LogP contribution in [0.5, 0.6) is 5.75 Å². The van der Waals surface area contributed by atoms with Gasteiger partial charge in [0.1, 0.15) is 5.75 Å². The van der Waals surface area contributed by atoms with Crippen LogP contribution in [0.25, 0.3) is 5.65 Å². The van der Waals surface area contributed by atoms with Gasteiger partial charge in [0.15, 0.2) is 10.8 Å². The lowest BCUT2D eigenvalue weighted by Gasteiger charge is -2.09. The zero-order valence-electron chi connectivity index (χ0n) is 11.7. The van der Waals surface area contributed by atoms with Crippen LogP contribution < -0.4 is 10.5 Å². The van der Waals surface area contributed by atoms with Gasteiger partial charge in [-0.3, -0.25) is 4.40 Å². The Morgan fingerprint density at radius 2 is 2.14 bits per heavy atom. The van der Waals surface area contributed by atoms with Crippen molar-refractivity contribution in [2.45, 2.75) is 23.4 Å². The molecule has 1 aromatic carbocycles. The second kappa shape index (κ2) is 6.05. The normalized spacial score (nSPS) is 10.9. The molecule has 0 unspecified atom stereocenters. The van der Waals surface area contributed by atoms with Gasteiger partial charge in [0.05, 0.1) is 12.3 Å². The molecule has 0 radical (unpaired) electrons. The summed E-state index contributed by atoms with van der Waals surface area (Å²) in [5.74, 6) is 0.718. The van der Waals surface area contributed by atoms with Gasteiger partial charge in [0.2, 0.25) is 0 Å². The number of fused-ring (bicyclic) bond motifs is 1. The summed E-state index contributed by atoms with van der Waals surface area (Å²) >= 11 is 1.53. The molecule has 0 saturated carbocycles. The Hall–Kier alpha value is -2.21. The van der Waals surface area contributed by atoms with Gasteiger partial charge in [0, 0.05) is 11.1 Å². The average Bonchev–Trinajstić information content (AvgIpc) is 2.91. The first-order valence-corrected chi connectivity index (χ1v) is 7.59. The predicted octanol–water partition coefficient (Wildman–Crippen LogP) is 3.25. The topological polar surface area (TPSA) is 65.4 Å². The number of hydrogen-bond donors (Lipinski definition) is 1. The molecule has 6 heteroatoms. The number of nitrogens with two attached hydrogens (primary N) is 1. The lowest BCUT2D eigenvalue weighted by atomic mass is 10.3. The van der Waals surface area contributed by atoms with E-state index < -0.39 is 0 Å². The number of anilines is 1. The minimum Gasteiger partial charge on any atom is -0.491 e. The van der Waals surface area contributed by atoms with Crippen LogP contribution in [0.1, 0.15) is 13.3 Å². The van der Waals surface area contributed by atoms with Gasteiger partial charge < -0.3 is 10.5 Å². The molecule has 3 rings (SSSR count). The second-order valence-corrected chi connectivity index (χ2v) is 5.60. The fourth-order valence-electron chi connectivity index (χ4n) is 1.91. The summed E-state index contributed by atoms with van der Waals surface area (Å²) < 4.78 is 7.60. The second-order valence-electron chi connectivity index (χ2n) is 4.56. The molecule has 0 saturated heterocycles. The molecule has 0 aliphatic carbocycles. The summed E-state index contributed by atoms with van der Waals surface area (Å²) in [7, 11) is 0. The summed E-state index contributed by atoms with van der Waals surface area (Å²) in [5, 5.41) is 9.17.